The fraction of sp³-hybridized carbons (Fsp3) is 0.421. The summed E-state index contributed by atoms with van der Waals surface area (Å²) in [4.78, 5) is 27.0. The number of benzene rings is 1. The maximum atomic E-state index is 12.5. The number of hydrogen-bond donors (Lipinski definition) is 2. The molecule has 9 nitrogen and oxygen atoms in total. The number of carbonyl (C=O) groups is 1. The van der Waals surface area contributed by atoms with Crippen LogP contribution in [-0.2, 0) is 4.74 Å². The van der Waals surface area contributed by atoms with E-state index in [-0.39, 0.29) is 5.69 Å². The summed E-state index contributed by atoms with van der Waals surface area (Å²) in [7, 11) is 1.48. The number of hydrogen-bond acceptors (Lipinski definition) is 7. The van der Waals surface area contributed by atoms with Gasteiger partial charge < -0.3 is 19.9 Å². The first-order chi connectivity index (χ1) is 13.6. The van der Waals surface area contributed by atoms with E-state index in [9.17, 15) is 14.7 Å². The summed E-state index contributed by atoms with van der Waals surface area (Å²) in [5, 5.41) is 16.8. The van der Waals surface area contributed by atoms with Crippen molar-refractivity contribution in [2.24, 2.45) is 0 Å². The molecule has 2 aromatic rings. The smallest absolute Gasteiger partial charge is 0.275 e. The topological polar surface area (TPSA) is 106 Å². The van der Waals surface area contributed by atoms with Crippen LogP contribution < -0.4 is 15.6 Å². The number of carbonyl (C=O) groups excluding carboxylic acids is 1. The lowest BCUT2D eigenvalue weighted by molar-refractivity contribution is 0.0374. The van der Waals surface area contributed by atoms with Gasteiger partial charge in [0.15, 0.2) is 11.4 Å². The zero-order valence-corrected chi connectivity index (χ0v) is 15.8. The lowest BCUT2D eigenvalue weighted by atomic mass is 10.2. The summed E-state index contributed by atoms with van der Waals surface area (Å²) in [5.74, 6) is -0.565. The Hall–Kier alpha value is -2.91. The molecule has 0 unspecified atom stereocenters. The molecule has 28 heavy (non-hydrogen) atoms. The Bertz CT molecular complexity index is 877. The van der Waals surface area contributed by atoms with E-state index < -0.39 is 17.2 Å². The number of morpholine rings is 1. The number of methoxy groups -OCH3 is 1. The van der Waals surface area contributed by atoms with Crippen LogP contribution >= 0.6 is 0 Å². The van der Waals surface area contributed by atoms with Gasteiger partial charge in [0, 0.05) is 25.7 Å². The van der Waals surface area contributed by atoms with Crippen molar-refractivity contribution in [3.63, 3.8) is 0 Å². The Morgan fingerprint density at radius 3 is 2.82 bits per heavy atom. The van der Waals surface area contributed by atoms with E-state index in [0.29, 0.717) is 18.0 Å². The molecule has 1 fully saturated rings. The van der Waals surface area contributed by atoms with Crippen molar-refractivity contribution < 1.29 is 19.4 Å². The molecule has 0 bridgehead atoms. The zero-order chi connectivity index (χ0) is 19.9. The molecular weight excluding hydrogens is 364 g/mol. The number of aromatic nitrogens is 2. The molecule has 2 N–H and O–H groups in total. The second-order valence-corrected chi connectivity index (χ2v) is 6.36. The van der Waals surface area contributed by atoms with Crippen LogP contribution in [-0.4, -0.2) is 72.2 Å². The molecule has 150 valence electrons. The summed E-state index contributed by atoms with van der Waals surface area (Å²) in [6.07, 6.45) is 0.763. The minimum absolute atomic E-state index is 0.211. The third kappa shape index (κ3) is 4.68. The molecule has 1 amide bonds. The van der Waals surface area contributed by atoms with Gasteiger partial charge >= 0.3 is 0 Å². The highest BCUT2D eigenvalue weighted by Crippen LogP contribution is 2.21. The number of ether oxygens (including phenoxy) is 2. The standard InChI is InChI=1S/C19H24N4O5/c1-27-16-6-3-2-5-14(16)23-17(25)13-15(24)18(21-23)19(26)20-7-4-8-22-9-11-28-12-10-22/h2-3,5-6,13,24H,4,7-12H2,1H3,(H,20,26). The van der Waals surface area contributed by atoms with Gasteiger partial charge in [-0.1, -0.05) is 12.1 Å². The third-order valence-corrected chi connectivity index (χ3v) is 4.48. The highest BCUT2D eigenvalue weighted by molar-refractivity contribution is 5.94. The van der Waals surface area contributed by atoms with Crippen molar-refractivity contribution >= 4 is 5.91 Å². The number of nitrogens with one attached hydrogen (secondary N) is 1. The van der Waals surface area contributed by atoms with Gasteiger partial charge in [-0.3, -0.25) is 14.5 Å². The Balaban J connectivity index is 1.69. The van der Waals surface area contributed by atoms with Crippen LogP contribution in [0.15, 0.2) is 35.1 Å². The highest BCUT2D eigenvalue weighted by atomic mass is 16.5. The molecule has 0 radical (unpaired) electrons. The van der Waals surface area contributed by atoms with Crippen LogP contribution in [0.3, 0.4) is 0 Å². The molecule has 1 aromatic heterocycles. The van der Waals surface area contributed by atoms with Gasteiger partial charge in [0.2, 0.25) is 0 Å². The first kappa shape index (κ1) is 19.8. The quantitative estimate of drug-likeness (QED) is 0.661. The minimum atomic E-state index is -0.564. The molecule has 1 aromatic carbocycles. The number of rotatable bonds is 7. The van der Waals surface area contributed by atoms with E-state index in [1.165, 1.54) is 7.11 Å². The van der Waals surface area contributed by atoms with Crippen LogP contribution in [0.4, 0.5) is 0 Å². The van der Waals surface area contributed by atoms with Gasteiger partial charge in [0.1, 0.15) is 11.4 Å². The van der Waals surface area contributed by atoms with Crippen LogP contribution in [0, 0.1) is 0 Å². The molecule has 2 heterocycles. The first-order valence-electron chi connectivity index (χ1n) is 9.15. The Labute approximate surface area is 162 Å². The molecule has 0 spiro atoms. The summed E-state index contributed by atoms with van der Waals surface area (Å²) < 4.78 is 11.6. The molecular formula is C19H24N4O5. The average Bonchev–Trinajstić information content (AvgIpc) is 2.72. The Morgan fingerprint density at radius 2 is 2.07 bits per heavy atom. The van der Waals surface area contributed by atoms with E-state index in [1.807, 2.05) is 0 Å². The summed E-state index contributed by atoms with van der Waals surface area (Å²) >= 11 is 0. The Kier molecular flexibility index (Phi) is 6.62. The molecule has 1 aliphatic heterocycles. The van der Waals surface area contributed by atoms with Crippen molar-refractivity contribution in [3.8, 4) is 17.2 Å². The SMILES string of the molecule is COc1ccccc1-n1nc(C(=O)NCCCN2CCOCC2)c(O)cc1=O. The number of para-hydroxylation sites is 2. The molecule has 0 saturated carbocycles. The fourth-order valence-corrected chi connectivity index (χ4v) is 3.00. The summed E-state index contributed by atoms with van der Waals surface area (Å²) in [5.41, 5.74) is -0.390. The molecule has 0 aliphatic carbocycles. The van der Waals surface area contributed by atoms with Crippen LogP contribution in [0.25, 0.3) is 5.69 Å². The molecule has 1 saturated heterocycles. The largest absolute Gasteiger partial charge is 0.505 e. The van der Waals surface area contributed by atoms with E-state index in [0.717, 1.165) is 50.0 Å². The van der Waals surface area contributed by atoms with Crippen LogP contribution in [0.5, 0.6) is 11.5 Å². The van der Waals surface area contributed by atoms with Gasteiger partial charge in [-0.2, -0.15) is 9.78 Å². The second kappa shape index (κ2) is 9.34. The predicted octanol–water partition coefficient (Wildman–Crippen LogP) is 0.399. The monoisotopic (exact) mass is 388 g/mol. The van der Waals surface area contributed by atoms with E-state index >= 15 is 0 Å². The molecule has 9 heteroatoms. The molecule has 3 rings (SSSR count). The lowest BCUT2D eigenvalue weighted by Crippen LogP contribution is -2.38. The van der Waals surface area contributed by atoms with Crippen molar-refractivity contribution in [1.82, 2.24) is 20.0 Å². The highest BCUT2D eigenvalue weighted by Gasteiger charge is 2.18. The number of nitrogens with zero attached hydrogens (tertiary/aromatic N) is 3. The van der Waals surface area contributed by atoms with E-state index in [1.54, 1.807) is 24.3 Å². The maximum Gasteiger partial charge on any atom is 0.275 e. The minimum Gasteiger partial charge on any atom is -0.505 e. The molecule has 1 aliphatic rings. The van der Waals surface area contributed by atoms with Crippen molar-refractivity contribution in [2.75, 3.05) is 46.5 Å². The molecule has 0 atom stereocenters. The van der Waals surface area contributed by atoms with Crippen molar-refractivity contribution in [3.05, 3.63) is 46.4 Å². The van der Waals surface area contributed by atoms with Crippen molar-refractivity contribution in [2.45, 2.75) is 6.42 Å². The van der Waals surface area contributed by atoms with Crippen LogP contribution in [0.2, 0.25) is 0 Å². The fourth-order valence-electron chi connectivity index (χ4n) is 3.00. The van der Waals surface area contributed by atoms with Crippen LogP contribution in [0.1, 0.15) is 16.9 Å². The average molecular weight is 388 g/mol. The van der Waals surface area contributed by atoms with E-state index in [4.69, 9.17) is 9.47 Å². The van der Waals surface area contributed by atoms with Gasteiger partial charge in [-0.05, 0) is 25.1 Å². The summed E-state index contributed by atoms with van der Waals surface area (Å²) in [6, 6.07) is 7.79. The number of aromatic hydroxyl groups is 1. The Morgan fingerprint density at radius 1 is 1.32 bits per heavy atom. The third-order valence-electron chi connectivity index (χ3n) is 4.48. The first-order valence-corrected chi connectivity index (χ1v) is 9.15. The second-order valence-electron chi connectivity index (χ2n) is 6.36. The zero-order valence-electron chi connectivity index (χ0n) is 15.8. The summed E-state index contributed by atoms with van der Waals surface area (Å²) in [6.45, 7) is 4.53. The van der Waals surface area contributed by atoms with Gasteiger partial charge in [0.05, 0.1) is 20.3 Å². The predicted molar refractivity (Wildman–Crippen MR) is 102 cm³/mol. The van der Waals surface area contributed by atoms with Gasteiger partial charge in [-0.15, -0.1) is 0 Å². The van der Waals surface area contributed by atoms with Gasteiger partial charge in [-0.25, -0.2) is 0 Å². The van der Waals surface area contributed by atoms with E-state index in [2.05, 4.69) is 15.3 Å². The maximum absolute atomic E-state index is 12.5. The number of amides is 1. The lowest BCUT2D eigenvalue weighted by Gasteiger charge is -2.26. The normalized spacial score (nSPS) is 14.6. The van der Waals surface area contributed by atoms with Crippen molar-refractivity contribution in [1.29, 1.82) is 0 Å². The van der Waals surface area contributed by atoms with Gasteiger partial charge in [0.25, 0.3) is 11.5 Å².